The van der Waals surface area contributed by atoms with Crippen molar-refractivity contribution in [3.05, 3.63) is 49.5 Å². The van der Waals surface area contributed by atoms with Gasteiger partial charge in [-0.05, 0) is 44.0 Å². The monoisotopic (exact) mass is 387 g/mol. The molecular formula is C11H7Br2N3O3. The molecule has 1 heterocycles. The molecule has 0 saturated heterocycles. The summed E-state index contributed by atoms with van der Waals surface area (Å²) in [6.45, 7) is 0. The van der Waals surface area contributed by atoms with E-state index in [1.807, 2.05) is 0 Å². The van der Waals surface area contributed by atoms with Gasteiger partial charge in [0.05, 0.1) is 31.8 Å². The molecule has 98 valence electrons. The summed E-state index contributed by atoms with van der Waals surface area (Å²) in [5, 5.41) is 10.7. The first-order chi connectivity index (χ1) is 8.97. The van der Waals surface area contributed by atoms with Gasteiger partial charge in [-0.25, -0.2) is 4.98 Å². The third kappa shape index (κ3) is 3.21. The van der Waals surface area contributed by atoms with Crippen molar-refractivity contribution >= 4 is 43.2 Å². The number of ether oxygens (including phenoxy) is 1. The molecule has 0 aliphatic carbocycles. The first-order valence-corrected chi connectivity index (χ1v) is 6.59. The van der Waals surface area contributed by atoms with Crippen molar-refractivity contribution < 1.29 is 9.66 Å². The van der Waals surface area contributed by atoms with Crippen molar-refractivity contribution in [2.24, 2.45) is 0 Å². The van der Waals surface area contributed by atoms with Crippen LogP contribution in [-0.4, -0.2) is 9.91 Å². The summed E-state index contributed by atoms with van der Waals surface area (Å²) in [7, 11) is 0. The molecule has 19 heavy (non-hydrogen) atoms. The highest BCUT2D eigenvalue weighted by atomic mass is 79.9. The number of benzene rings is 1. The Morgan fingerprint density at radius 1 is 1.26 bits per heavy atom. The zero-order chi connectivity index (χ0) is 14.0. The van der Waals surface area contributed by atoms with E-state index in [0.717, 1.165) is 0 Å². The van der Waals surface area contributed by atoms with Gasteiger partial charge in [0.25, 0.3) is 5.69 Å². The van der Waals surface area contributed by atoms with Gasteiger partial charge in [0.2, 0.25) is 5.88 Å². The fourth-order valence-corrected chi connectivity index (χ4v) is 2.08. The molecule has 0 bridgehead atoms. The Bertz CT molecular complexity index is 649. The van der Waals surface area contributed by atoms with E-state index in [1.165, 1.54) is 18.3 Å². The van der Waals surface area contributed by atoms with Gasteiger partial charge in [-0.15, -0.1) is 0 Å². The number of nitrogens with two attached hydrogens (primary N) is 1. The first kappa shape index (κ1) is 13.8. The van der Waals surface area contributed by atoms with Crippen LogP contribution in [0.25, 0.3) is 0 Å². The van der Waals surface area contributed by atoms with Crippen LogP contribution in [0.2, 0.25) is 0 Å². The van der Waals surface area contributed by atoms with Gasteiger partial charge < -0.3 is 10.5 Å². The summed E-state index contributed by atoms with van der Waals surface area (Å²) in [6.07, 6.45) is 1.44. The summed E-state index contributed by atoms with van der Waals surface area (Å²) < 4.78 is 6.67. The van der Waals surface area contributed by atoms with Crippen molar-refractivity contribution in [2.75, 3.05) is 5.73 Å². The van der Waals surface area contributed by atoms with E-state index in [0.29, 0.717) is 20.4 Å². The molecule has 0 fully saturated rings. The number of aromatic nitrogens is 1. The van der Waals surface area contributed by atoms with E-state index >= 15 is 0 Å². The minimum atomic E-state index is -0.495. The van der Waals surface area contributed by atoms with Crippen LogP contribution in [-0.2, 0) is 0 Å². The number of anilines is 1. The standard InChI is InChI=1S/C11H7Br2N3O3/c12-8-2-1-7(16(17)18)4-10(8)19-11-9(13)3-6(14)5-15-11/h1-5H,14H2. The van der Waals surface area contributed by atoms with Crippen molar-refractivity contribution in [1.29, 1.82) is 0 Å². The van der Waals surface area contributed by atoms with Crippen LogP contribution in [0.5, 0.6) is 11.6 Å². The maximum absolute atomic E-state index is 10.7. The molecule has 2 N–H and O–H groups in total. The smallest absolute Gasteiger partial charge is 0.273 e. The zero-order valence-electron chi connectivity index (χ0n) is 9.34. The molecule has 1 aromatic heterocycles. The quantitative estimate of drug-likeness (QED) is 0.636. The van der Waals surface area contributed by atoms with Crippen LogP contribution in [0.4, 0.5) is 11.4 Å². The number of nitrogen functional groups attached to an aromatic ring is 1. The van der Waals surface area contributed by atoms with Gasteiger partial charge in [0.1, 0.15) is 0 Å². The third-order valence-corrected chi connectivity index (χ3v) is 3.38. The van der Waals surface area contributed by atoms with Crippen LogP contribution in [0.15, 0.2) is 39.4 Å². The summed E-state index contributed by atoms with van der Waals surface area (Å²) in [5.41, 5.74) is 5.99. The Kier molecular flexibility index (Phi) is 4.01. The van der Waals surface area contributed by atoms with Crippen LogP contribution in [0.3, 0.4) is 0 Å². The number of hydrogen-bond donors (Lipinski definition) is 1. The molecule has 6 nitrogen and oxygen atoms in total. The van der Waals surface area contributed by atoms with Gasteiger partial charge in [0, 0.05) is 6.07 Å². The van der Waals surface area contributed by atoms with Crippen LogP contribution in [0.1, 0.15) is 0 Å². The van der Waals surface area contributed by atoms with Crippen molar-refractivity contribution in [2.45, 2.75) is 0 Å². The fraction of sp³-hybridized carbons (Fsp3) is 0. The van der Waals surface area contributed by atoms with E-state index in [4.69, 9.17) is 10.5 Å². The molecule has 0 spiro atoms. The van der Waals surface area contributed by atoms with Gasteiger partial charge >= 0.3 is 0 Å². The Morgan fingerprint density at radius 2 is 2.00 bits per heavy atom. The van der Waals surface area contributed by atoms with Gasteiger partial charge in [-0.1, -0.05) is 0 Å². The van der Waals surface area contributed by atoms with Gasteiger partial charge in [0.15, 0.2) is 5.75 Å². The molecule has 0 amide bonds. The first-order valence-electron chi connectivity index (χ1n) is 5.00. The number of nitro groups is 1. The second kappa shape index (κ2) is 5.54. The highest BCUT2D eigenvalue weighted by Gasteiger charge is 2.13. The van der Waals surface area contributed by atoms with Crippen molar-refractivity contribution in [3.63, 3.8) is 0 Å². The SMILES string of the molecule is Nc1cnc(Oc2cc([N+](=O)[O-])ccc2Br)c(Br)c1. The van der Waals surface area contributed by atoms with E-state index in [2.05, 4.69) is 36.8 Å². The molecule has 0 atom stereocenters. The summed E-state index contributed by atoms with van der Waals surface area (Å²) in [5.74, 6) is 0.572. The van der Waals surface area contributed by atoms with E-state index in [9.17, 15) is 10.1 Å². The number of halogens is 2. The molecule has 2 aromatic rings. The zero-order valence-corrected chi connectivity index (χ0v) is 12.5. The lowest BCUT2D eigenvalue weighted by Crippen LogP contribution is -1.94. The topological polar surface area (TPSA) is 91.3 Å². The number of rotatable bonds is 3. The van der Waals surface area contributed by atoms with Gasteiger partial charge in [-0.3, -0.25) is 10.1 Å². The predicted octanol–water partition coefficient (Wildman–Crippen LogP) is 3.89. The minimum Gasteiger partial charge on any atom is -0.436 e. The van der Waals surface area contributed by atoms with E-state index in [-0.39, 0.29) is 11.6 Å². The normalized spacial score (nSPS) is 10.2. The third-order valence-electron chi connectivity index (χ3n) is 2.16. The molecule has 8 heteroatoms. The number of nitro benzene ring substituents is 1. The number of hydrogen-bond acceptors (Lipinski definition) is 5. The molecule has 0 aliphatic rings. The minimum absolute atomic E-state index is 0.0650. The maximum atomic E-state index is 10.7. The van der Waals surface area contributed by atoms with Crippen molar-refractivity contribution in [1.82, 2.24) is 4.98 Å². The lowest BCUT2D eigenvalue weighted by Gasteiger charge is -2.08. The average Bonchev–Trinajstić information content (AvgIpc) is 2.34. The summed E-state index contributed by atoms with van der Waals surface area (Å²) >= 11 is 6.52. The van der Waals surface area contributed by atoms with Crippen LogP contribution in [0, 0.1) is 10.1 Å². The largest absolute Gasteiger partial charge is 0.436 e. The lowest BCUT2D eigenvalue weighted by molar-refractivity contribution is -0.384. The highest BCUT2D eigenvalue weighted by Crippen LogP contribution is 2.35. The molecule has 0 unspecified atom stereocenters. The molecular weight excluding hydrogens is 382 g/mol. The second-order valence-corrected chi connectivity index (χ2v) is 5.24. The number of non-ortho nitro benzene ring substituents is 1. The highest BCUT2D eigenvalue weighted by molar-refractivity contribution is 9.11. The second-order valence-electron chi connectivity index (χ2n) is 3.53. The number of nitrogens with zero attached hydrogens (tertiary/aromatic N) is 2. The van der Waals surface area contributed by atoms with Gasteiger partial charge in [-0.2, -0.15) is 0 Å². The molecule has 0 radical (unpaired) electrons. The average molecular weight is 389 g/mol. The van der Waals surface area contributed by atoms with Crippen molar-refractivity contribution in [3.8, 4) is 11.6 Å². The predicted molar refractivity (Wildman–Crippen MR) is 77.2 cm³/mol. The van der Waals surface area contributed by atoms with Crippen LogP contribution >= 0.6 is 31.9 Å². The van der Waals surface area contributed by atoms with E-state index < -0.39 is 4.92 Å². The Hall–Kier alpha value is -1.67. The van der Waals surface area contributed by atoms with Crippen LogP contribution < -0.4 is 10.5 Å². The number of pyridine rings is 1. The summed E-state index contributed by atoms with van der Waals surface area (Å²) in [6, 6.07) is 5.86. The van der Waals surface area contributed by atoms with E-state index in [1.54, 1.807) is 12.1 Å². The molecule has 2 rings (SSSR count). The fourth-order valence-electron chi connectivity index (χ4n) is 1.30. The molecule has 0 aliphatic heterocycles. The Morgan fingerprint density at radius 3 is 2.63 bits per heavy atom. The molecule has 1 aromatic carbocycles. The Balaban J connectivity index is 2.37. The lowest BCUT2D eigenvalue weighted by atomic mass is 10.3. The maximum Gasteiger partial charge on any atom is 0.273 e. The molecule has 0 saturated carbocycles. The summed E-state index contributed by atoms with van der Waals surface area (Å²) in [4.78, 5) is 14.2. The Labute approximate surface area is 125 Å².